The Morgan fingerprint density at radius 2 is 2.22 bits per heavy atom. The highest BCUT2D eigenvalue weighted by Crippen LogP contribution is 2.34. The fourth-order valence-corrected chi connectivity index (χ4v) is 2.64. The molecule has 0 radical (unpaired) electrons. The van der Waals surface area contributed by atoms with Gasteiger partial charge >= 0.3 is 0 Å². The van der Waals surface area contributed by atoms with Crippen LogP contribution in [0.4, 0.5) is 5.69 Å². The molecule has 0 N–H and O–H groups in total. The fourth-order valence-electron chi connectivity index (χ4n) is 2.35. The summed E-state index contributed by atoms with van der Waals surface area (Å²) in [5, 5.41) is 0.629. The molecule has 1 aromatic carbocycles. The van der Waals surface area contributed by atoms with Gasteiger partial charge in [0.1, 0.15) is 6.26 Å². The number of carbonyl (C=O) groups is 1. The average Bonchev–Trinajstić information content (AvgIpc) is 2.91. The van der Waals surface area contributed by atoms with Crippen molar-refractivity contribution in [2.45, 2.75) is 12.8 Å². The highest BCUT2D eigenvalue weighted by Gasteiger charge is 2.25. The summed E-state index contributed by atoms with van der Waals surface area (Å²) >= 11 is 6.23. The molecule has 0 aliphatic carbocycles. The van der Waals surface area contributed by atoms with Crippen LogP contribution in [0.2, 0.25) is 5.02 Å². The molecule has 0 atom stereocenters. The van der Waals surface area contributed by atoms with Gasteiger partial charge in [-0.05, 0) is 30.5 Å². The van der Waals surface area contributed by atoms with Crippen LogP contribution in [-0.2, 0) is 6.42 Å². The van der Waals surface area contributed by atoms with E-state index in [-0.39, 0.29) is 5.91 Å². The van der Waals surface area contributed by atoms with Gasteiger partial charge in [-0.15, -0.1) is 0 Å². The molecule has 0 saturated heterocycles. The van der Waals surface area contributed by atoms with Gasteiger partial charge in [-0.2, -0.15) is 0 Å². The largest absolute Gasteiger partial charge is 0.472 e. The van der Waals surface area contributed by atoms with Crippen LogP contribution in [0.15, 0.2) is 41.2 Å². The van der Waals surface area contributed by atoms with E-state index in [4.69, 9.17) is 16.0 Å². The maximum absolute atomic E-state index is 12.4. The van der Waals surface area contributed by atoms with Gasteiger partial charge in [0.05, 0.1) is 22.5 Å². The second-order valence-electron chi connectivity index (χ2n) is 4.32. The summed E-state index contributed by atoms with van der Waals surface area (Å²) in [4.78, 5) is 14.1. The second kappa shape index (κ2) is 4.50. The minimum atomic E-state index is -0.0576. The first-order valence-corrected chi connectivity index (χ1v) is 6.26. The van der Waals surface area contributed by atoms with Crippen molar-refractivity contribution in [3.8, 4) is 0 Å². The van der Waals surface area contributed by atoms with Crippen molar-refractivity contribution in [1.82, 2.24) is 0 Å². The van der Waals surface area contributed by atoms with Crippen molar-refractivity contribution in [2.24, 2.45) is 0 Å². The lowest BCUT2D eigenvalue weighted by molar-refractivity contribution is 0.0984. The summed E-state index contributed by atoms with van der Waals surface area (Å²) in [6.45, 7) is 0.695. The smallest absolute Gasteiger partial charge is 0.261 e. The highest BCUT2D eigenvalue weighted by atomic mass is 35.5. The molecule has 0 fully saturated rings. The fraction of sp³-hybridized carbons (Fsp3) is 0.214. The molecule has 0 spiro atoms. The van der Waals surface area contributed by atoms with Gasteiger partial charge in [0.2, 0.25) is 0 Å². The molecule has 3 nitrogen and oxygen atoms in total. The molecule has 92 valence electrons. The lowest BCUT2D eigenvalue weighted by Gasteiger charge is -2.30. The summed E-state index contributed by atoms with van der Waals surface area (Å²) in [5.41, 5.74) is 2.53. The Bertz CT molecular complexity index is 577. The normalized spacial score (nSPS) is 14.4. The van der Waals surface area contributed by atoms with Crippen molar-refractivity contribution in [3.63, 3.8) is 0 Å². The summed E-state index contributed by atoms with van der Waals surface area (Å²) in [7, 11) is 0. The van der Waals surface area contributed by atoms with Gasteiger partial charge < -0.3 is 9.32 Å². The van der Waals surface area contributed by atoms with Crippen molar-refractivity contribution in [2.75, 3.05) is 11.4 Å². The Hall–Kier alpha value is -1.74. The van der Waals surface area contributed by atoms with Gasteiger partial charge in [0.15, 0.2) is 0 Å². The number of carbonyl (C=O) groups excluding carboxylic acids is 1. The third-order valence-corrected chi connectivity index (χ3v) is 3.49. The maximum Gasteiger partial charge on any atom is 0.261 e. The Kier molecular flexibility index (Phi) is 2.84. The van der Waals surface area contributed by atoms with Crippen molar-refractivity contribution < 1.29 is 9.21 Å². The molecule has 18 heavy (non-hydrogen) atoms. The van der Waals surface area contributed by atoms with Crippen molar-refractivity contribution in [3.05, 3.63) is 52.9 Å². The molecule has 1 amide bonds. The molecule has 0 unspecified atom stereocenters. The number of amides is 1. The lowest BCUT2D eigenvalue weighted by atomic mass is 10.0. The zero-order chi connectivity index (χ0) is 12.5. The first-order valence-electron chi connectivity index (χ1n) is 5.89. The Balaban J connectivity index is 2.04. The summed E-state index contributed by atoms with van der Waals surface area (Å²) in [6, 6.07) is 7.44. The monoisotopic (exact) mass is 261 g/mol. The van der Waals surface area contributed by atoms with E-state index in [0.29, 0.717) is 17.1 Å². The number of rotatable bonds is 1. The predicted octanol–water partition coefficient (Wildman–Crippen LogP) is 3.53. The van der Waals surface area contributed by atoms with Crippen LogP contribution in [0.5, 0.6) is 0 Å². The number of halogens is 1. The van der Waals surface area contributed by atoms with Crippen LogP contribution in [-0.4, -0.2) is 12.5 Å². The maximum atomic E-state index is 12.4. The molecule has 1 aromatic heterocycles. The van der Waals surface area contributed by atoms with E-state index in [1.54, 1.807) is 11.0 Å². The number of anilines is 1. The molecule has 2 heterocycles. The van der Waals surface area contributed by atoms with E-state index in [2.05, 4.69) is 0 Å². The number of hydrogen-bond acceptors (Lipinski definition) is 2. The van der Waals surface area contributed by atoms with Crippen LogP contribution in [0.25, 0.3) is 0 Å². The van der Waals surface area contributed by atoms with Gasteiger partial charge in [0, 0.05) is 6.54 Å². The van der Waals surface area contributed by atoms with Crippen LogP contribution < -0.4 is 4.90 Å². The van der Waals surface area contributed by atoms with Crippen molar-refractivity contribution >= 4 is 23.2 Å². The highest BCUT2D eigenvalue weighted by molar-refractivity contribution is 6.34. The molecule has 2 aromatic rings. The average molecular weight is 262 g/mol. The SMILES string of the molecule is O=C(c1ccoc1)N1CCCc2cccc(Cl)c21. The number of aryl methyl sites for hydroxylation is 1. The van der Waals surface area contributed by atoms with Gasteiger partial charge in [-0.1, -0.05) is 23.7 Å². The van der Waals surface area contributed by atoms with Crippen LogP contribution in [0.3, 0.4) is 0 Å². The minimum Gasteiger partial charge on any atom is -0.472 e. The molecular weight excluding hydrogens is 250 g/mol. The zero-order valence-corrected chi connectivity index (χ0v) is 10.5. The molecular formula is C14H12ClNO2. The van der Waals surface area contributed by atoms with Crippen LogP contribution in [0, 0.1) is 0 Å². The number of fused-ring (bicyclic) bond motifs is 1. The number of furan rings is 1. The van der Waals surface area contributed by atoms with E-state index < -0.39 is 0 Å². The minimum absolute atomic E-state index is 0.0576. The number of para-hydroxylation sites is 1. The van der Waals surface area contributed by atoms with E-state index in [1.807, 2.05) is 18.2 Å². The van der Waals surface area contributed by atoms with Crippen molar-refractivity contribution in [1.29, 1.82) is 0 Å². The Labute approximate surface area is 110 Å². The van der Waals surface area contributed by atoms with Gasteiger partial charge in [-0.25, -0.2) is 0 Å². The van der Waals surface area contributed by atoms with Crippen LogP contribution >= 0.6 is 11.6 Å². The molecule has 3 rings (SSSR count). The predicted molar refractivity (Wildman–Crippen MR) is 70.2 cm³/mol. The number of nitrogens with zero attached hydrogens (tertiary/aromatic N) is 1. The summed E-state index contributed by atoms with van der Waals surface area (Å²) in [6.07, 6.45) is 4.89. The van der Waals surface area contributed by atoms with E-state index >= 15 is 0 Å². The number of hydrogen-bond donors (Lipinski definition) is 0. The first-order chi connectivity index (χ1) is 8.77. The summed E-state index contributed by atoms with van der Waals surface area (Å²) in [5.74, 6) is -0.0576. The lowest BCUT2D eigenvalue weighted by Crippen LogP contribution is -2.35. The molecule has 1 aliphatic heterocycles. The van der Waals surface area contributed by atoms with Crippen LogP contribution in [0.1, 0.15) is 22.3 Å². The quantitative estimate of drug-likeness (QED) is 0.787. The van der Waals surface area contributed by atoms with E-state index in [1.165, 1.54) is 12.5 Å². The van der Waals surface area contributed by atoms with E-state index in [9.17, 15) is 4.79 Å². The second-order valence-corrected chi connectivity index (χ2v) is 4.73. The summed E-state index contributed by atoms with van der Waals surface area (Å²) < 4.78 is 4.96. The molecule has 4 heteroatoms. The molecule has 0 bridgehead atoms. The standard InChI is InChI=1S/C14H12ClNO2/c15-12-5-1-3-10-4-2-7-16(13(10)12)14(17)11-6-8-18-9-11/h1,3,5-6,8-9H,2,4,7H2. The third kappa shape index (κ3) is 1.81. The van der Waals surface area contributed by atoms with Gasteiger partial charge in [-0.3, -0.25) is 4.79 Å². The van der Waals surface area contributed by atoms with E-state index in [0.717, 1.165) is 24.1 Å². The third-order valence-electron chi connectivity index (χ3n) is 3.18. The zero-order valence-electron chi connectivity index (χ0n) is 9.73. The molecule has 1 aliphatic rings. The molecule has 0 saturated carbocycles. The Morgan fingerprint density at radius 1 is 1.33 bits per heavy atom. The first kappa shape index (κ1) is 11.4. The Morgan fingerprint density at radius 3 is 3.00 bits per heavy atom. The van der Waals surface area contributed by atoms with Gasteiger partial charge in [0.25, 0.3) is 5.91 Å². The topological polar surface area (TPSA) is 33.5 Å². The number of benzene rings is 1.